The summed E-state index contributed by atoms with van der Waals surface area (Å²) in [4.78, 5) is 2.50. The van der Waals surface area contributed by atoms with E-state index in [-0.39, 0.29) is 5.54 Å². The standard InChI is InChI=1S/C14H22N2/c1-12-9-14(2,3)15-11-16(12)10-13-7-5-4-6-8-13/h4-8,12,15H,9-11H2,1-3H3. The second-order valence-corrected chi connectivity index (χ2v) is 5.50. The smallest absolute Gasteiger partial charge is 0.0490 e. The number of hydrogen-bond donors (Lipinski definition) is 1. The average molecular weight is 218 g/mol. The Labute approximate surface area is 98.7 Å². The van der Waals surface area contributed by atoms with Crippen LogP contribution < -0.4 is 5.32 Å². The third-order valence-electron chi connectivity index (χ3n) is 3.42. The Bertz CT molecular complexity index is 332. The summed E-state index contributed by atoms with van der Waals surface area (Å²) < 4.78 is 0. The first kappa shape index (κ1) is 11.6. The van der Waals surface area contributed by atoms with Gasteiger partial charge in [0.25, 0.3) is 0 Å². The number of nitrogens with one attached hydrogen (secondary N) is 1. The minimum absolute atomic E-state index is 0.284. The molecule has 1 unspecified atom stereocenters. The summed E-state index contributed by atoms with van der Waals surface area (Å²) in [6.45, 7) is 8.92. The van der Waals surface area contributed by atoms with Crippen molar-refractivity contribution in [2.45, 2.75) is 45.3 Å². The summed E-state index contributed by atoms with van der Waals surface area (Å²) in [6, 6.07) is 11.3. The van der Waals surface area contributed by atoms with E-state index in [1.807, 2.05) is 0 Å². The fraction of sp³-hybridized carbons (Fsp3) is 0.571. The fourth-order valence-corrected chi connectivity index (χ4v) is 2.44. The summed E-state index contributed by atoms with van der Waals surface area (Å²) in [5.74, 6) is 0. The van der Waals surface area contributed by atoms with Gasteiger partial charge in [-0.15, -0.1) is 0 Å². The first-order valence-electron chi connectivity index (χ1n) is 6.10. The van der Waals surface area contributed by atoms with Gasteiger partial charge >= 0.3 is 0 Å². The highest BCUT2D eigenvalue weighted by Crippen LogP contribution is 2.21. The number of hydrogen-bond acceptors (Lipinski definition) is 2. The molecule has 1 N–H and O–H groups in total. The van der Waals surface area contributed by atoms with Crippen molar-refractivity contribution in [2.75, 3.05) is 6.67 Å². The number of benzene rings is 1. The Morgan fingerprint density at radius 3 is 2.62 bits per heavy atom. The zero-order valence-corrected chi connectivity index (χ0v) is 10.5. The summed E-state index contributed by atoms with van der Waals surface area (Å²) in [6.07, 6.45) is 1.21. The van der Waals surface area contributed by atoms with E-state index >= 15 is 0 Å². The number of rotatable bonds is 2. The topological polar surface area (TPSA) is 15.3 Å². The molecule has 0 spiro atoms. The van der Waals surface area contributed by atoms with Crippen LogP contribution in [0.3, 0.4) is 0 Å². The molecule has 2 heteroatoms. The van der Waals surface area contributed by atoms with Gasteiger partial charge in [0.2, 0.25) is 0 Å². The SMILES string of the molecule is CC1CC(C)(C)NCN1Cc1ccccc1. The zero-order valence-electron chi connectivity index (χ0n) is 10.5. The fourth-order valence-electron chi connectivity index (χ4n) is 2.44. The van der Waals surface area contributed by atoms with Crippen molar-refractivity contribution in [1.82, 2.24) is 10.2 Å². The molecule has 1 aromatic carbocycles. The van der Waals surface area contributed by atoms with Gasteiger partial charge in [0.1, 0.15) is 0 Å². The van der Waals surface area contributed by atoms with Crippen molar-refractivity contribution < 1.29 is 0 Å². The van der Waals surface area contributed by atoms with Crippen molar-refractivity contribution in [2.24, 2.45) is 0 Å². The summed E-state index contributed by atoms with van der Waals surface area (Å²) >= 11 is 0. The van der Waals surface area contributed by atoms with Crippen molar-refractivity contribution in [3.63, 3.8) is 0 Å². The molecule has 0 aliphatic carbocycles. The Hall–Kier alpha value is -0.860. The van der Waals surface area contributed by atoms with Crippen LogP contribution in [0.5, 0.6) is 0 Å². The molecule has 1 aliphatic rings. The van der Waals surface area contributed by atoms with Gasteiger partial charge in [0.05, 0.1) is 0 Å². The van der Waals surface area contributed by atoms with Crippen LogP contribution in [-0.2, 0) is 6.54 Å². The third kappa shape index (κ3) is 2.83. The van der Waals surface area contributed by atoms with Crippen molar-refractivity contribution in [3.05, 3.63) is 35.9 Å². The average Bonchev–Trinajstić information content (AvgIpc) is 2.23. The molecule has 88 valence electrons. The molecule has 0 amide bonds. The molecule has 0 radical (unpaired) electrons. The Morgan fingerprint density at radius 2 is 2.00 bits per heavy atom. The van der Waals surface area contributed by atoms with Gasteiger partial charge in [-0.25, -0.2) is 0 Å². The Kier molecular flexibility index (Phi) is 3.31. The van der Waals surface area contributed by atoms with Gasteiger partial charge < -0.3 is 0 Å². The predicted molar refractivity (Wildman–Crippen MR) is 68.1 cm³/mol. The van der Waals surface area contributed by atoms with Crippen LogP contribution in [-0.4, -0.2) is 23.1 Å². The molecule has 1 saturated heterocycles. The van der Waals surface area contributed by atoms with E-state index < -0.39 is 0 Å². The van der Waals surface area contributed by atoms with Crippen molar-refractivity contribution in [3.8, 4) is 0 Å². The van der Waals surface area contributed by atoms with Crippen LogP contribution >= 0.6 is 0 Å². The van der Waals surface area contributed by atoms with Gasteiger partial charge in [-0.1, -0.05) is 30.3 Å². The molecule has 2 nitrogen and oxygen atoms in total. The van der Waals surface area contributed by atoms with Crippen LogP contribution in [0.15, 0.2) is 30.3 Å². The van der Waals surface area contributed by atoms with Crippen LogP contribution in [0.2, 0.25) is 0 Å². The van der Waals surface area contributed by atoms with Crippen LogP contribution in [0.1, 0.15) is 32.8 Å². The Balaban J connectivity index is 1.97. The lowest BCUT2D eigenvalue weighted by molar-refractivity contribution is 0.0834. The molecule has 1 atom stereocenters. The van der Waals surface area contributed by atoms with E-state index in [0.29, 0.717) is 6.04 Å². The monoisotopic (exact) mass is 218 g/mol. The summed E-state index contributed by atoms with van der Waals surface area (Å²) in [5.41, 5.74) is 1.68. The molecule has 16 heavy (non-hydrogen) atoms. The van der Waals surface area contributed by atoms with Gasteiger partial charge in [-0.3, -0.25) is 10.2 Å². The normalized spacial score (nSPS) is 25.6. The lowest BCUT2D eigenvalue weighted by atomic mass is 9.93. The maximum atomic E-state index is 3.59. The highest BCUT2D eigenvalue weighted by atomic mass is 15.3. The van der Waals surface area contributed by atoms with Crippen LogP contribution in [0.25, 0.3) is 0 Å². The first-order chi connectivity index (χ1) is 7.57. The van der Waals surface area contributed by atoms with E-state index in [4.69, 9.17) is 0 Å². The van der Waals surface area contributed by atoms with E-state index in [1.54, 1.807) is 0 Å². The van der Waals surface area contributed by atoms with E-state index in [9.17, 15) is 0 Å². The van der Waals surface area contributed by atoms with Crippen molar-refractivity contribution in [1.29, 1.82) is 0 Å². The quantitative estimate of drug-likeness (QED) is 0.821. The lowest BCUT2D eigenvalue weighted by Crippen LogP contribution is -2.56. The highest BCUT2D eigenvalue weighted by Gasteiger charge is 2.29. The van der Waals surface area contributed by atoms with Gasteiger partial charge in [-0.05, 0) is 32.8 Å². The van der Waals surface area contributed by atoms with Crippen molar-refractivity contribution >= 4 is 0 Å². The predicted octanol–water partition coefficient (Wildman–Crippen LogP) is 2.61. The van der Waals surface area contributed by atoms with Gasteiger partial charge in [0, 0.05) is 24.8 Å². The largest absolute Gasteiger partial charge is 0.299 e. The van der Waals surface area contributed by atoms with Crippen LogP contribution in [0, 0.1) is 0 Å². The van der Waals surface area contributed by atoms with E-state index in [2.05, 4.69) is 61.3 Å². The minimum Gasteiger partial charge on any atom is -0.299 e. The molecule has 1 heterocycles. The highest BCUT2D eigenvalue weighted by molar-refractivity contribution is 5.14. The minimum atomic E-state index is 0.284. The van der Waals surface area contributed by atoms with Crippen LogP contribution in [0.4, 0.5) is 0 Å². The lowest BCUT2D eigenvalue weighted by Gasteiger charge is -2.43. The summed E-state index contributed by atoms with van der Waals surface area (Å²) in [7, 11) is 0. The van der Waals surface area contributed by atoms with Gasteiger partial charge in [0.15, 0.2) is 0 Å². The molecule has 1 aliphatic heterocycles. The molecular formula is C14H22N2. The molecule has 1 fully saturated rings. The maximum Gasteiger partial charge on any atom is 0.0490 e. The third-order valence-corrected chi connectivity index (χ3v) is 3.42. The first-order valence-corrected chi connectivity index (χ1v) is 6.10. The number of nitrogens with zero attached hydrogens (tertiary/aromatic N) is 1. The molecule has 0 saturated carbocycles. The van der Waals surface area contributed by atoms with E-state index in [0.717, 1.165) is 13.2 Å². The van der Waals surface area contributed by atoms with E-state index in [1.165, 1.54) is 12.0 Å². The molecule has 1 aromatic rings. The Morgan fingerprint density at radius 1 is 1.31 bits per heavy atom. The molecular weight excluding hydrogens is 196 g/mol. The molecule has 2 rings (SSSR count). The second-order valence-electron chi connectivity index (χ2n) is 5.50. The zero-order chi connectivity index (χ0) is 11.6. The van der Waals surface area contributed by atoms with Gasteiger partial charge in [-0.2, -0.15) is 0 Å². The molecule has 0 aromatic heterocycles. The molecule has 0 bridgehead atoms. The summed E-state index contributed by atoms with van der Waals surface area (Å²) in [5, 5.41) is 3.59. The maximum absolute atomic E-state index is 3.59. The second kappa shape index (κ2) is 4.56.